The maximum Gasteiger partial charge on any atom is 0.0118 e. The molecule has 0 radical (unpaired) electrons. The van der Waals surface area contributed by atoms with Crippen molar-refractivity contribution in [1.29, 1.82) is 0 Å². The van der Waals surface area contributed by atoms with Crippen LogP contribution < -0.4 is 5.32 Å². The van der Waals surface area contributed by atoms with Crippen molar-refractivity contribution in [2.45, 2.75) is 58.9 Å². The van der Waals surface area contributed by atoms with Crippen molar-refractivity contribution in [3.8, 4) is 0 Å². The Balaban J connectivity index is 1.68. The first-order chi connectivity index (χ1) is 8.66. The standard InChI is InChI=1S/C16H32N2/c1-13(12-18-9-4-5-10-18)11-17-16-14(2)7-6-8-15(16)3/h13-17H,4-12H2,1-3H3. The highest BCUT2D eigenvalue weighted by atomic mass is 15.1. The van der Waals surface area contributed by atoms with Crippen LogP contribution in [0.3, 0.4) is 0 Å². The number of nitrogens with one attached hydrogen (secondary N) is 1. The minimum atomic E-state index is 0.764. The number of rotatable bonds is 5. The third-order valence-corrected chi connectivity index (χ3v) is 5.02. The summed E-state index contributed by atoms with van der Waals surface area (Å²) in [4.78, 5) is 2.64. The molecule has 0 amide bonds. The van der Waals surface area contributed by atoms with Gasteiger partial charge < -0.3 is 10.2 Å². The SMILES string of the molecule is CC(CNC1C(C)CCCC1C)CN1CCCC1. The molecule has 0 aromatic rings. The summed E-state index contributed by atoms with van der Waals surface area (Å²) in [5.41, 5.74) is 0. The van der Waals surface area contributed by atoms with Gasteiger partial charge in [0.1, 0.15) is 0 Å². The van der Waals surface area contributed by atoms with E-state index in [1.165, 1.54) is 58.3 Å². The first kappa shape index (κ1) is 14.3. The van der Waals surface area contributed by atoms with Crippen molar-refractivity contribution in [2.75, 3.05) is 26.2 Å². The van der Waals surface area contributed by atoms with E-state index in [2.05, 4.69) is 31.0 Å². The summed E-state index contributed by atoms with van der Waals surface area (Å²) >= 11 is 0. The van der Waals surface area contributed by atoms with Crippen molar-refractivity contribution >= 4 is 0 Å². The van der Waals surface area contributed by atoms with Crippen LogP contribution in [-0.2, 0) is 0 Å². The number of hydrogen-bond donors (Lipinski definition) is 1. The summed E-state index contributed by atoms with van der Waals surface area (Å²) in [7, 11) is 0. The second-order valence-corrected chi connectivity index (χ2v) is 6.93. The molecule has 2 aliphatic rings. The molecule has 2 fully saturated rings. The Morgan fingerprint density at radius 2 is 1.67 bits per heavy atom. The third kappa shape index (κ3) is 3.96. The first-order valence-electron chi connectivity index (χ1n) is 8.12. The Morgan fingerprint density at radius 3 is 2.28 bits per heavy atom. The Hall–Kier alpha value is -0.0800. The number of likely N-dealkylation sites (tertiary alicyclic amines) is 1. The van der Waals surface area contributed by atoms with E-state index in [4.69, 9.17) is 0 Å². The van der Waals surface area contributed by atoms with E-state index in [-0.39, 0.29) is 0 Å². The van der Waals surface area contributed by atoms with Gasteiger partial charge in [0.2, 0.25) is 0 Å². The van der Waals surface area contributed by atoms with Gasteiger partial charge in [-0.3, -0.25) is 0 Å². The van der Waals surface area contributed by atoms with E-state index in [0.717, 1.165) is 23.8 Å². The summed E-state index contributed by atoms with van der Waals surface area (Å²) in [6.45, 7) is 12.4. The monoisotopic (exact) mass is 252 g/mol. The average molecular weight is 252 g/mol. The highest BCUT2D eigenvalue weighted by Gasteiger charge is 2.27. The zero-order valence-electron chi connectivity index (χ0n) is 12.6. The van der Waals surface area contributed by atoms with Gasteiger partial charge >= 0.3 is 0 Å². The molecule has 2 heteroatoms. The van der Waals surface area contributed by atoms with E-state index in [1.54, 1.807) is 0 Å². The summed E-state index contributed by atoms with van der Waals surface area (Å²) in [6, 6.07) is 0.764. The van der Waals surface area contributed by atoms with Gasteiger partial charge in [-0.15, -0.1) is 0 Å². The van der Waals surface area contributed by atoms with Gasteiger partial charge in [-0.1, -0.05) is 27.2 Å². The first-order valence-corrected chi connectivity index (χ1v) is 8.12. The number of nitrogens with zero attached hydrogens (tertiary/aromatic N) is 1. The summed E-state index contributed by atoms with van der Waals surface area (Å²) in [5.74, 6) is 2.53. The van der Waals surface area contributed by atoms with Gasteiger partial charge in [-0.2, -0.15) is 0 Å². The van der Waals surface area contributed by atoms with E-state index in [9.17, 15) is 0 Å². The summed E-state index contributed by atoms with van der Waals surface area (Å²) in [5, 5.41) is 3.87. The highest BCUT2D eigenvalue weighted by molar-refractivity contribution is 4.84. The van der Waals surface area contributed by atoms with Gasteiger partial charge in [0, 0.05) is 12.6 Å². The van der Waals surface area contributed by atoms with Crippen molar-refractivity contribution in [1.82, 2.24) is 10.2 Å². The van der Waals surface area contributed by atoms with E-state index >= 15 is 0 Å². The Kier molecular flexibility index (Phi) is 5.50. The fourth-order valence-corrected chi connectivity index (χ4v) is 3.89. The zero-order valence-corrected chi connectivity index (χ0v) is 12.6. The lowest BCUT2D eigenvalue weighted by Gasteiger charge is -2.36. The minimum Gasteiger partial charge on any atom is -0.313 e. The molecule has 2 nitrogen and oxygen atoms in total. The second kappa shape index (κ2) is 6.91. The molecular formula is C16H32N2. The molecule has 0 bridgehead atoms. The normalized spacial score (nSPS) is 35.8. The molecule has 106 valence electrons. The molecule has 1 saturated carbocycles. The molecule has 1 aliphatic carbocycles. The molecule has 0 spiro atoms. The topological polar surface area (TPSA) is 15.3 Å². The molecule has 1 N–H and O–H groups in total. The fraction of sp³-hybridized carbons (Fsp3) is 1.00. The molecule has 0 aromatic heterocycles. The number of hydrogen-bond acceptors (Lipinski definition) is 2. The Morgan fingerprint density at radius 1 is 1.06 bits per heavy atom. The Bertz CT molecular complexity index is 225. The van der Waals surface area contributed by atoms with Crippen LogP contribution in [0.1, 0.15) is 52.9 Å². The van der Waals surface area contributed by atoms with Crippen molar-refractivity contribution in [3.63, 3.8) is 0 Å². The van der Waals surface area contributed by atoms with Crippen LogP contribution in [0.4, 0.5) is 0 Å². The van der Waals surface area contributed by atoms with Crippen LogP contribution in [0.15, 0.2) is 0 Å². The van der Waals surface area contributed by atoms with Gasteiger partial charge in [0.15, 0.2) is 0 Å². The quantitative estimate of drug-likeness (QED) is 0.809. The zero-order chi connectivity index (χ0) is 13.0. The second-order valence-electron chi connectivity index (χ2n) is 6.93. The predicted octanol–water partition coefficient (Wildman–Crippen LogP) is 3.13. The molecule has 1 aliphatic heterocycles. The van der Waals surface area contributed by atoms with Crippen molar-refractivity contribution in [2.24, 2.45) is 17.8 Å². The lowest BCUT2D eigenvalue weighted by atomic mass is 9.78. The Labute approximate surface area is 114 Å². The van der Waals surface area contributed by atoms with Crippen LogP contribution in [0.2, 0.25) is 0 Å². The molecule has 0 aromatic carbocycles. The van der Waals surface area contributed by atoms with Gasteiger partial charge in [-0.05, 0) is 63.1 Å². The summed E-state index contributed by atoms with van der Waals surface area (Å²) in [6.07, 6.45) is 7.10. The molecule has 1 heterocycles. The van der Waals surface area contributed by atoms with Crippen molar-refractivity contribution < 1.29 is 0 Å². The fourth-order valence-electron chi connectivity index (χ4n) is 3.89. The van der Waals surface area contributed by atoms with E-state index < -0.39 is 0 Å². The molecular weight excluding hydrogens is 220 g/mol. The van der Waals surface area contributed by atoms with Crippen LogP contribution in [0.25, 0.3) is 0 Å². The van der Waals surface area contributed by atoms with Gasteiger partial charge in [0.05, 0.1) is 0 Å². The maximum absolute atomic E-state index is 3.87. The van der Waals surface area contributed by atoms with Crippen LogP contribution in [0, 0.1) is 17.8 Å². The lowest BCUT2D eigenvalue weighted by molar-refractivity contribution is 0.194. The largest absolute Gasteiger partial charge is 0.313 e. The van der Waals surface area contributed by atoms with Crippen LogP contribution in [0.5, 0.6) is 0 Å². The molecule has 18 heavy (non-hydrogen) atoms. The third-order valence-electron chi connectivity index (χ3n) is 5.02. The maximum atomic E-state index is 3.87. The van der Waals surface area contributed by atoms with Gasteiger partial charge in [0.25, 0.3) is 0 Å². The minimum absolute atomic E-state index is 0.764. The highest BCUT2D eigenvalue weighted by Crippen LogP contribution is 2.28. The molecule has 2 rings (SSSR count). The van der Waals surface area contributed by atoms with E-state index in [1.807, 2.05) is 0 Å². The summed E-state index contributed by atoms with van der Waals surface area (Å²) < 4.78 is 0. The molecule has 1 saturated heterocycles. The smallest absolute Gasteiger partial charge is 0.0118 e. The lowest BCUT2D eigenvalue weighted by Crippen LogP contribution is -2.45. The predicted molar refractivity (Wildman–Crippen MR) is 78.8 cm³/mol. The molecule has 3 atom stereocenters. The average Bonchev–Trinajstić information content (AvgIpc) is 2.81. The van der Waals surface area contributed by atoms with Crippen LogP contribution >= 0.6 is 0 Å². The van der Waals surface area contributed by atoms with Gasteiger partial charge in [-0.25, -0.2) is 0 Å². The van der Waals surface area contributed by atoms with Crippen molar-refractivity contribution in [3.05, 3.63) is 0 Å². The van der Waals surface area contributed by atoms with Crippen LogP contribution in [-0.4, -0.2) is 37.1 Å². The van der Waals surface area contributed by atoms with E-state index in [0.29, 0.717) is 0 Å². The molecule has 3 unspecified atom stereocenters.